The maximum Gasteiger partial charge on any atom is 0.173 e. The lowest BCUT2D eigenvalue weighted by molar-refractivity contribution is 1.97. The topological polar surface area (TPSA) is 0 Å². The lowest BCUT2D eigenvalue weighted by Crippen LogP contribution is -1.43. The number of hydrogen-bond donors (Lipinski definition) is 0. The molecule has 0 radical (unpaired) electrons. The van der Waals surface area contributed by atoms with Gasteiger partial charge in [-0.15, -0.1) is 0 Å². The van der Waals surface area contributed by atoms with Gasteiger partial charge in [0.2, 0.25) is 0 Å². The summed E-state index contributed by atoms with van der Waals surface area (Å²) in [6.45, 7) is 0. The van der Waals surface area contributed by atoms with Crippen LogP contribution in [0.1, 0.15) is 0 Å². The van der Waals surface area contributed by atoms with E-state index in [2.05, 4.69) is 30.5 Å². The van der Waals surface area contributed by atoms with E-state index in [1.807, 2.05) is 0 Å². The molecule has 0 atom stereocenters. The van der Waals surface area contributed by atoms with Crippen LogP contribution >= 0.6 is 10.5 Å². The lowest BCUT2D eigenvalue weighted by atomic mass is 10.4. The van der Waals surface area contributed by atoms with E-state index in [4.69, 9.17) is 0 Å². The fraction of sp³-hybridized carbons (Fsp3) is 0.143. The molecule has 0 aromatic carbocycles. The van der Waals surface area contributed by atoms with Crippen molar-refractivity contribution in [2.45, 2.75) is 0 Å². The fourth-order valence-electron chi connectivity index (χ4n) is 0.984. The van der Waals surface area contributed by atoms with Gasteiger partial charge in [-0.25, -0.2) is 0 Å². The summed E-state index contributed by atoms with van der Waals surface area (Å²) >= 11 is 0. The minimum absolute atomic E-state index is 0.460. The highest BCUT2D eigenvalue weighted by molar-refractivity contribution is 7.40. The molecule has 0 aliphatic rings. The molecule has 0 saturated carbocycles. The van der Waals surface area contributed by atoms with Gasteiger partial charge in [0.25, 0.3) is 0 Å². The highest BCUT2D eigenvalue weighted by atomic mass is 32.2. The molecular weight excluding hydrogens is 116 g/mol. The van der Waals surface area contributed by atoms with Gasteiger partial charge in [-0.3, -0.25) is 0 Å². The van der Waals surface area contributed by atoms with E-state index >= 15 is 0 Å². The van der Waals surface area contributed by atoms with Crippen LogP contribution in [0.3, 0.4) is 0 Å². The first-order chi connectivity index (χ1) is 3.88. The van der Waals surface area contributed by atoms with Gasteiger partial charge in [-0.2, -0.15) is 0 Å². The molecule has 0 unspecified atom stereocenters. The smallest absolute Gasteiger partial charge is 0.0111 e. The molecule has 2 rings (SSSR count). The highest BCUT2D eigenvalue weighted by Gasteiger charge is 2.08. The van der Waals surface area contributed by atoms with Crippen molar-refractivity contribution in [3.63, 3.8) is 0 Å². The third-order valence-corrected chi connectivity index (χ3v) is 3.49. The maximum absolute atomic E-state index is 2.27. The van der Waals surface area contributed by atoms with Crippen molar-refractivity contribution in [3.05, 3.63) is 24.3 Å². The number of thiophene rings is 2. The SMILES string of the molecule is C[s+]1c2ccc1cc2. The number of aryl methyl sites for hydroxylation is 1. The van der Waals surface area contributed by atoms with Crippen LogP contribution in [0.25, 0.3) is 9.40 Å². The Kier molecular flexibility index (Phi) is 0.667. The van der Waals surface area contributed by atoms with E-state index in [-0.39, 0.29) is 0 Å². The van der Waals surface area contributed by atoms with Gasteiger partial charge >= 0.3 is 0 Å². The van der Waals surface area contributed by atoms with Crippen molar-refractivity contribution < 1.29 is 0 Å². The lowest BCUT2D eigenvalue weighted by Gasteiger charge is -1.63. The molecule has 0 amide bonds. The Morgan fingerprint density at radius 1 is 1.00 bits per heavy atom. The molecule has 0 nitrogen and oxygen atoms in total. The summed E-state index contributed by atoms with van der Waals surface area (Å²) in [6, 6.07) is 8.83. The van der Waals surface area contributed by atoms with E-state index in [1.54, 1.807) is 0 Å². The molecule has 2 aromatic heterocycles. The second kappa shape index (κ2) is 1.23. The summed E-state index contributed by atoms with van der Waals surface area (Å²) in [6.07, 6.45) is 2.27. The number of hydrogen-bond acceptors (Lipinski definition) is 0. The molecule has 2 heterocycles. The van der Waals surface area contributed by atoms with E-state index < -0.39 is 0 Å². The number of fused-ring (bicyclic) bond motifs is 2. The summed E-state index contributed by atoms with van der Waals surface area (Å²) in [5, 5.41) is 0. The van der Waals surface area contributed by atoms with Gasteiger partial charge in [-0.1, -0.05) is 0 Å². The summed E-state index contributed by atoms with van der Waals surface area (Å²) in [4.78, 5) is 0. The third kappa shape index (κ3) is 0.353. The minimum Gasteiger partial charge on any atom is -0.0111 e. The number of rotatable bonds is 0. The predicted molar refractivity (Wildman–Crippen MR) is 38.6 cm³/mol. The quantitative estimate of drug-likeness (QED) is 0.472. The molecule has 8 heavy (non-hydrogen) atoms. The summed E-state index contributed by atoms with van der Waals surface area (Å²) in [5.41, 5.74) is 0. The molecule has 2 bridgehead atoms. The summed E-state index contributed by atoms with van der Waals surface area (Å²) < 4.78 is 3.00. The van der Waals surface area contributed by atoms with Crippen LogP contribution in [0.5, 0.6) is 0 Å². The van der Waals surface area contributed by atoms with Crippen molar-refractivity contribution in [3.8, 4) is 0 Å². The molecule has 2 aromatic rings. The van der Waals surface area contributed by atoms with Crippen LogP contribution in [0.2, 0.25) is 0 Å². The normalized spacial score (nSPS) is 11.1. The van der Waals surface area contributed by atoms with Crippen LogP contribution < -0.4 is 0 Å². The van der Waals surface area contributed by atoms with Crippen LogP contribution in [0.15, 0.2) is 24.3 Å². The van der Waals surface area contributed by atoms with E-state index in [9.17, 15) is 0 Å². The van der Waals surface area contributed by atoms with E-state index in [0.29, 0.717) is 10.5 Å². The minimum atomic E-state index is 0.460. The Balaban J connectivity index is 3.09. The Morgan fingerprint density at radius 2 is 1.38 bits per heavy atom. The van der Waals surface area contributed by atoms with Crippen molar-refractivity contribution in [2.75, 3.05) is 0 Å². The van der Waals surface area contributed by atoms with E-state index in [1.165, 1.54) is 9.40 Å². The van der Waals surface area contributed by atoms with Crippen molar-refractivity contribution in [1.82, 2.24) is 0 Å². The summed E-state index contributed by atoms with van der Waals surface area (Å²) in [7, 11) is 0.460. The van der Waals surface area contributed by atoms with Crippen LogP contribution in [-0.2, 0) is 6.26 Å². The first-order valence-electron chi connectivity index (χ1n) is 2.64. The Hall–Kier alpha value is -0.560. The molecule has 1 heteroatoms. The van der Waals surface area contributed by atoms with Gasteiger partial charge < -0.3 is 0 Å². The van der Waals surface area contributed by atoms with Gasteiger partial charge in [0.1, 0.15) is 6.26 Å². The number of benzene rings is 1. The van der Waals surface area contributed by atoms with Gasteiger partial charge in [0, 0.05) is 24.3 Å². The molecule has 40 valence electrons. The Labute approximate surface area is 51.1 Å². The largest absolute Gasteiger partial charge is 0.173 e. The van der Waals surface area contributed by atoms with Gasteiger partial charge in [0.15, 0.2) is 9.40 Å². The predicted octanol–water partition coefficient (Wildman–Crippen LogP) is 2.56. The average molecular weight is 123 g/mol. The van der Waals surface area contributed by atoms with Crippen LogP contribution in [0.4, 0.5) is 0 Å². The maximum atomic E-state index is 2.27. The second-order valence-corrected chi connectivity index (χ2v) is 3.95. The molecule has 0 aliphatic heterocycles. The Morgan fingerprint density at radius 3 is 1.50 bits per heavy atom. The molecule has 0 N–H and O–H groups in total. The highest BCUT2D eigenvalue weighted by Crippen LogP contribution is 2.32. The molecular formula is C7H7S+. The van der Waals surface area contributed by atoms with Crippen LogP contribution in [-0.4, -0.2) is 0 Å². The van der Waals surface area contributed by atoms with Crippen molar-refractivity contribution in [2.24, 2.45) is 6.26 Å². The second-order valence-electron chi connectivity index (χ2n) is 1.98. The van der Waals surface area contributed by atoms with Gasteiger partial charge in [0.05, 0.1) is 0 Å². The zero-order valence-corrected chi connectivity index (χ0v) is 5.53. The molecule has 0 aliphatic carbocycles. The first-order valence-corrected chi connectivity index (χ1v) is 4.27. The molecule has 0 saturated heterocycles. The monoisotopic (exact) mass is 123 g/mol. The van der Waals surface area contributed by atoms with E-state index in [0.717, 1.165) is 0 Å². The molecule has 0 fully saturated rings. The zero-order valence-electron chi connectivity index (χ0n) is 4.72. The standard InChI is InChI=1S/C7H7S/c1-8-6-2-3-7(8)5-4-6/h2-5H,1H3/q+1. The summed E-state index contributed by atoms with van der Waals surface area (Å²) in [5.74, 6) is 0. The molecule has 0 spiro atoms. The fourth-order valence-corrected chi connectivity index (χ4v) is 2.34. The van der Waals surface area contributed by atoms with Crippen molar-refractivity contribution in [1.29, 1.82) is 0 Å². The Bertz CT molecular complexity index is 234. The first kappa shape index (κ1) is 4.33. The van der Waals surface area contributed by atoms with Gasteiger partial charge in [-0.05, 0) is 10.5 Å². The van der Waals surface area contributed by atoms with Crippen LogP contribution in [0, 0.1) is 0 Å². The third-order valence-electron chi connectivity index (χ3n) is 1.53. The zero-order chi connectivity index (χ0) is 5.56. The van der Waals surface area contributed by atoms with Crippen molar-refractivity contribution >= 4 is 19.9 Å². The average Bonchev–Trinajstić information content (AvgIpc) is 2.29.